The first-order valence-corrected chi connectivity index (χ1v) is 11.2. The number of ether oxygens (including phenoxy) is 1. The Morgan fingerprint density at radius 3 is 2.56 bits per heavy atom. The number of halogens is 2. The molecule has 0 radical (unpaired) electrons. The molecule has 1 fully saturated rings. The zero-order chi connectivity index (χ0) is 18.8. The SMILES string of the molecule is O=C(c1cc(I)c(OCCN2CCCC2)c(I)c1)c1c[nH]c2ccccc12. The third-order valence-electron chi connectivity index (χ3n) is 4.95. The highest BCUT2D eigenvalue weighted by Crippen LogP contribution is 2.31. The molecule has 1 aromatic heterocycles. The fourth-order valence-electron chi connectivity index (χ4n) is 3.53. The second-order valence-corrected chi connectivity index (χ2v) is 9.07. The average Bonchev–Trinajstić information content (AvgIpc) is 3.33. The van der Waals surface area contributed by atoms with Crippen LogP contribution in [0.3, 0.4) is 0 Å². The van der Waals surface area contributed by atoms with Crippen LogP contribution in [-0.4, -0.2) is 41.9 Å². The molecule has 2 heterocycles. The minimum absolute atomic E-state index is 0.0342. The number of carbonyl (C=O) groups excluding carboxylic acids is 1. The van der Waals surface area contributed by atoms with E-state index in [0.717, 1.165) is 30.3 Å². The van der Waals surface area contributed by atoms with Crippen molar-refractivity contribution in [3.63, 3.8) is 0 Å². The van der Waals surface area contributed by atoms with Crippen molar-refractivity contribution >= 4 is 61.9 Å². The lowest BCUT2D eigenvalue weighted by atomic mass is 10.0. The lowest BCUT2D eigenvalue weighted by Crippen LogP contribution is -2.25. The van der Waals surface area contributed by atoms with Gasteiger partial charge in [0.1, 0.15) is 12.4 Å². The van der Waals surface area contributed by atoms with Gasteiger partial charge in [-0.2, -0.15) is 0 Å². The van der Waals surface area contributed by atoms with Crippen molar-refractivity contribution in [2.45, 2.75) is 12.8 Å². The van der Waals surface area contributed by atoms with Crippen LogP contribution in [0.4, 0.5) is 0 Å². The van der Waals surface area contributed by atoms with Gasteiger partial charge in [0.2, 0.25) is 0 Å². The molecule has 6 heteroatoms. The standard InChI is InChI=1S/C21H20I2N2O2/c22-17-11-14(20(26)16-13-24-19-6-2-1-5-15(16)19)12-18(23)21(17)27-10-9-25-7-3-4-8-25/h1-2,5-6,11-13,24H,3-4,7-10H2. The van der Waals surface area contributed by atoms with Crippen LogP contribution in [0.15, 0.2) is 42.6 Å². The fraction of sp³-hybridized carbons (Fsp3) is 0.286. The van der Waals surface area contributed by atoms with E-state index >= 15 is 0 Å². The topological polar surface area (TPSA) is 45.3 Å². The van der Waals surface area contributed by atoms with Crippen LogP contribution in [0.25, 0.3) is 10.9 Å². The van der Waals surface area contributed by atoms with Gasteiger partial charge in [0.25, 0.3) is 0 Å². The summed E-state index contributed by atoms with van der Waals surface area (Å²) < 4.78 is 8.00. The largest absolute Gasteiger partial charge is 0.490 e. The van der Waals surface area contributed by atoms with Gasteiger partial charge in [-0.05, 0) is 89.3 Å². The Morgan fingerprint density at radius 2 is 1.81 bits per heavy atom. The minimum Gasteiger partial charge on any atom is -0.490 e. The average molecular weight is 586 g/mol. The van der Waals surface area contributed by atoms with Crippen molar-refractivity contribution in [3.8, 4) is 5.75 Å². The zero-order valence-corrected chi connectivity index (χ0v) is 19.1. The van der Waals surface area contributed by atoms with Crippen molar-refractivity contribution in [1.29, 1.82) is 0 Å². The highest BCUT2D eigenvalue weighted by Gasteiger charge is 2.18. The lowest BCUT2D eigenvalue weighted by Gasteiger charge is -2.16. The van der Waals surface area contributed by atoms with Gasteiger partial charge in [-0.1, -0.05) is 18.2 Å². The van der Waals surface area contributed by atoms with Gasteiger partial charge in [0.15, 0.2) is 5.78 Å². The lowest BCUT2D eigenvalue weighted by molar-refractivity contribution is 0.104. The van der Waals surface area contributed by atoms with Crippen LogP contribution in [0.1, 0.15) is 28.8 Å². The van der Waals surface area contributed by atoms with Crippen LogP contribution in [0.2, 0.25) is 0 Å². The van der Waals surface area contributed by atoms with Crippen LogP contribution >= 0.6 is 45.2 Å². The molecule has 0 amide bonds. The van der Waals surface area contributed by atoms with E-state index in [4.69, 9.17) is 4.74 Å². The molecule has 4 nitrogen and oxygen atoms in total. The first-order chi connectivity index (χ1) is 13.1. The van der Waals surface area contributed by atoms with Gasteiger partial charge in [-0.15, -0.1) is 0 Å². The van der Waals surface area contributed by atoms with Crippen LogP contribution in [0.5, 0.6) is 5.75 Å². The molecule has 140 valence electrons. The summed E-state index contributed by atoms with van der Waals surface area (Å²) in [5.74, 6) is 0.915. The first-order valence-electron chi connectivity index (χ1n) is 9.08. The summed E-state index contributed by atoms with van der Waals surface area (Å²) in [7, 11) is 0. The molecule has 2 aromatic carbocycles. The molecule has 0 bridgehead atoms. The second-order valence-electron chi connectivity index (χ2n) is 6.74. The number of aromatic nitrogens is 1. The smallest absolute Gasteiger partial charge is 0.195 e. The normalized spacial score (nSPS) is 14.7. The highest BCUT2D eigenvalue weighted by molar-refractivity contribution is 14.1. The number of nitrogens with one attached hydrogen (secondary N) is 1. The van der Waals surface area contributed by atoms with E-state index in [1.54, 1.807) is 6.20 Å². The maximum absolute atomic E-state index is 13.1. The molecule has 0 unspecified atom stereocenters. The first kappa shape index (κ1) is 19.2. The number of likely N-dealkylation sites (tertiary alicyclic amines) is 1. The molecule has 0 spiro atoms. The van der Waals surface area contributed by atoms with Gasteiger partial charge >= 0.3 is 0 Å². The Morgan fingerprint density at radius 1 is 1.11 bits per heavy atom. The molecule has 1 saturated heterocycles. The maximum Gasteiger partial charge on any atom is 0.195 e. The molecule has 0 aliphatic carbocycles. The van der Waals surface area contributed by atoms with Crippen LogP contribution < -0.4 is 4.74 Å². The van der Waals surface area contributed by atoms with Gasteiger partial charge in [-0.3, -0.25) is 9.69 Å². The molecule has 4 rings (SSSR count). The summed E-state index contributed by atoms with van der Waals surface area (Å²) in [6, 6.07) is 11.7. The van der Waals surface area contributed by atoms with Gasteiger partial charge < -0.3 is 9.72 Å². The number of ketones is 1. The monoisotopic (exact) mass is 586 g/mol. The van der Waals surface area contributed by atoms with E-state index in [-0.39, 0.29) is 5.78 Å². The number of benzene rings is 2. The van der Waals surface area contributed by atoms with E-state index in [1.807, 2.05) is 36.4 Å². The van der Waals surface area contributed by atoms with Crippen molar-refractivity contribution in [1.82, 2.24) is 9.88 Å². The van der Waals surface area contributed by atoms with Gasteiger partial charge in [-0.25, -0.2) is 0 Å². The number of aromatic amines is 1. The molecular weight excluding hydrogens is 566 g/mol. The molecular formula is C21H20I2N2O2. The Kier molecular flexibility index (Phi) is 6.03. The molecule has 0 atom stereocenters. The molecule has 3 aromatic rings. The van der Waals surface area contributed by atoms with E-state index in [0.29, 0.717) is 17.7 Å². The molecule has 1 aliphatic heterocycles. The summed E-state index contributed by atoms with van der Waals surface area (Å²) in [6.45, 7) is 4.00. The Hall–Kier alpha value is -1.13. The summed E-state index contributed by atoms with van der Waals surface area (Å²) in [5, 5.41) is 0.957. The third kappa shape index (κ3) is 4.17. The van der Waals surface area contributed by atoms with E-state index in [9.17, 15) is 4.79 Å². The number of carbonyl (C=O) groups is 1. The van der Waals surface area contributed by atoms with Crippen molar-refractivity contribution in [2.75, 3.05) is 26.2 Å². The number of hydrogen-bond acceptors (Lipinski definition) is 3. The fourth-order valence-corrected chi connectivity index (χ4v) is 5.61. The summed E-state index contributed by atoms with van der Waals surface area (Å²) in [4.78, 5) is 18.7. The summed E-state index contributed by atoms with van der Waals surface area (Å²) in [5.41, 5.74) is 2.38. The van der Waals surface area contributed by atoms with E-state index in [1.165, 1.54) is 25.9 Å². The second kappa shape index (κ2) is 8.48. The molecule has 0 saturated carbocycles. The van der Waals surface area contributed by atoms with E-state index in [2.05, 4.69) is 55.1 Å². The predicted molar refractivity (Wildman–Crippen MR) is 125 cm³/mol. The number of H-pyrrole nitrogens is 1. The van der Waals surface area contributed by atoms with Crippen molar-refractivity contribution in [2.24, 2.45) is 0 Å². The maximum atomic E-state index is 13.1. The zero-order valence-electron chi connectivity index (χ0n) is 14.8. The Labute approximate surface area is 185 Å². The summed E-state index contributed by atoms with van der Waals surface area (Å²) >= 11 is 4.53. The number of rotatable bonds is 6. The number of fused-ring (bicyclic) bond motifs is 1. The third-order valence-corrected chi connectivity index (χ3v) is 6.55. The Balaban J connectivity index is 1.53. The van der Waals surface area contributed by atoms with Crippen LogP contribution in [-0.2, 0) is 0 Å². The predicted octanol–water partition coefficient (Wildman–Crippen LogP) is 5.08. The van der Waals surface area contributed by atoms with E-state index < -0.39 is 0 Å². The number of nitrogens with zero attached hydrogens (tertiary/aromatic N) is 1. The van der Waals surface area contributed by atoms with Crippen molar-refractivity contribution < 1.29 is 9.53 Å². The Bertz CT molecular complexity index is 954. The summed E-state index contributed by atoms with van der Waals surface area (Å²) in [6.07, 6.45) is 4.38. The molecule has 1 N–H and O–H groups in total. The molecule has 27 heavy (non-hydrogen) atoms. The van der Waals surface area contributed by atoms with Crippen molar-refractivity contribution in [3.05, 3.63) is 60.9 Å². The van der Waals surface area contributed by atoms with Gasteiger partial charge in [0.05, 0.1) is 7.14 Å². The number of para-hydroxylation sites is 1. The quantitative estimate of drug-likeness (QED) is 0.324. The van der Waals surface area contributed by atoms with Crippen LogP contribution in [0, 0.1) is 7.14 Å². The minimum atomic E-state index is 0.0342. The molecule has 1 aliphatic rings. The highest BCUT2D eigenvalue weighted by atomic mass is 127. The number of hydrogen-bond donors (Lipinski definition) is 1. The van der Waals surface area contributed by atoms with Gasteiger partial charge in [0, 0.05) is 34.8 Å².